The lowest BCUT2D eigenvalue weighted by Crippen LogP contribution is -2.06. The van der Waals surface area contributed by atoms with Gasteiger partial charge in [0.15, 0.2) is 0 Å². The summed E-state index contributed by atoms with van der Waals surface area (Å²) in [7, 11) is 0. The molecule has 0 atom stereocenters. The van der Waals surface area contributed by atoms with Crippen LogP contribution in [0.5, 0.6) is 0 Å². The van der Waals surface area contributed by atoms with E-state index in [1.807, 2.05) is 0 Å². The molecule has 0 amide bonds. The van der Waals surface area contributed by atoms with E-state index < -0.39 is 24.2 Å². The minimum absolute atomic E-state index is 0.0742. The summed E-state index contributed by atoms with van der Waals surface area (Å²) in [6.07, 6.45) is -1.97. The molecule has 5 heteroatoms. The van der Waals surface area contributed by atoms with Gasteiger partial charge in [-0.25, -0.2) is 8.78 Å². The molecule has 0 heterocycles. The molecule has 16 heavy (non-hydrogen) atoms. The molecule has 0 saturated heterocycles. The minimum Gasteiger partial charge on any atom is -0.247 e. The molecular weight excluding hydrogens is 227 g/mol. The molecule has 0 spiro atoms. The SMILES string of the molecule is FC/C=C/Cc1cc(F)cc(C(F)(F)F)c1. The van der Waals surface area contributed by atoms with Crippen LogP contribution < -0.4 is 0 Å². The van der Waals surface area contributed by atoms with Crippen LogP contribution in [-0.4, -0.2) is 6.67 Å². The zero-order chi connectivity index (χ0) is 12.2. The molecule has 1 aromatic rings. The van der Waals surface area contributed by atoms with Crippen molar-refractivity contribution in [2.24, 2.45) is 0 Å². The summed E-state index contributed by atoms with van der Waals surface area (Å²) in [4.78, 5) is 0. The molecule has 1 rings (SSSR count). The molecule has 0 aliphatic rings. The third-order valence-electron chi connectivity index (χ3n) is 1.89. The van der Waals surface area contributed by atoms with Crippen LogP contribution in [0.25, 0.3) is 0 Å². The maximum atomic E-state index is 12.9. The van der Waals surface area contributed by atoms with Crippen molar-refractivity contribution < 1.29 is 22.0 Å². The molecule has 0 aromatic heterocycles. The van der Waals surface area contributed by atoms with Gasteiger partial charge in [0.1, 0.15) is 12.5 Å². The second-order valence-corrected chi connectivity index (χ2v) is 3.18. The second-order valence-electron chi connectivity index (χ2n) is 3.18. The van der Waals surface area contributed by atoms with E-state index in [2.05, 4.69) is 0 Å². The molecule has 0 radical (unpaired) electrons. The Kier molecular flexibility index (Phi) is 4.04. The van der Waals surface area contributed by atoms with Gasteiger partial charge >= 0.3 is 6.18 Å². The van der Waals surface area contributed by atoms with Crippen molar-refractivity contribution in [2.45, 2.75) is 12.6 Å². The van der Waals surface area contributed by atoms with Gasteiger partial charge in [-0.15, -0.1) is 0 Å². The van der Waals surface area contributed by atoms with E-state index in [0.717, 1.165) is 18.2 Å². The zero-order valence-electron chi connectivity index (χ0n) is 8.19. The third-order valence-corrected chi connectivity index (χ3v) is 1.89. The quantitative estimate of drug-likeness (QED) is 0.551. The number of allylic oxidation sites excluding steroid dienone is 2. The van der Waals surface area contributed by atoms with Gasteiger partial charge in [0.05, 0.1) is 5.56 Å². The van der Waals surface area contributed by atoms with Crippen molar-refractivity contribution >= 4 is 0 Å². The van der Waals surface area contributed by atoms with Gasteiger partial charge in [-0.1, -0.05) is 12.2 Å². The van der Waals surface area contributed by atoms with Crippen molar-refractivity contribution in [3.05, 3.63) is 47.3 Å². The summed E-state index contributed by atoms with van der Waals surface area (Å²) in [6.45, 7) is -0.693. The molecule has 0 aliphatic carbocycles. The van der Waals surface area contributed by atoms with Crippen LogP contribution >= 0.6 is 0 Å². The molecule has 0 N–H and O–H groups in total. The summed E-state index contributed by atoms with van der Waals surface area (Å²) < 4.78 is 61.4. The lowest BCUT2D eigenvalue weighted by atomic mass is 10.1. The highest BCUT2D eigenvalue weighted by Gasteiger charge is 2.31. The standard InChI is InChI=1S/C11H9F5/c12-4-2-1-3-8-5-9(11(14,15)16)7-10(13)6-8/h1-2,5-7H,3-4H2/b2-1+. The average molecular weight is 236 g/mol. The van der Waals surface area contributed by atoms with E-state index in [4.69, 9.17) is 0 Å². The Morgan fingerprint density at radius 3 is 2.31 bits per heavy atom. The molecule has 0 nitrogen and oxygen atoms in total. The molecule has 0 bridgehead atoms. The van der Waals surface area contributed by atoms with E-state index >= 15 is 0 Å². The Labute approximate surface area is 89.4 Å². The number of hydrogen-bond donors (Lipinski definition) is 0. The number of halogens is 5. The van der Waals surface area contributed by atoms with Crippen LogP contribution in [0.2, 0.25) is 0 Å². The van der Waals surface area contributed by atoms with E-state index in [-0.39, 0.29) is 12.0 Å². The van der Waals surface area contributed by atoms with Crippen LogP contribution in [-0.2, 0) is 12.6 Å². The van der Waals surface area contributed by atoms with E-state index in [1.54, 1.807) is 0 Å². The van der Waals surface area contributed by atoms with E-state index in [0.29, 0.717) is 6.07 Å². The maximum Gasteiger partial charge on any atom is 0.416 e. The monoisotopic (exact) mass is 236 g/mol. The summed E-state index contributed by atoms with van der Waals surface area (Å²) in [5, 5.41) is 0. The van der Waals surface area contributed by atoms with Gasteiger partial charge in [0, 0.05) is 0 Å². The number of benzene rings is 1. The van der Waals surface area contributed by atoms with Crippen molar-refractivity contribution in [1.82, 2.24) is 0 Å². The summed E-state index contributed by atoms with van der Waals surface area (Å²) in [5.74, 6) is -0.946. The Morgan fingerprint density at radius 2 is 1.75 bits per heavy atom. The van der Waals surface area contributed by atoms with Crippen molar-refractivity contribution in [1.29, 1.82) is 0 Å². The summed E-state index contributed by atoms with van der Waals surface area (Å²) in [6, 6.07) is 2.28. The molecule has 0 unspecified atom stereocenters. The van der Waals surface area contributed by atoms with E-state index in [1.165, 1.54) is 6.08 Å². The molecule has 88 valence electrons. The maximum absolute atomic E-state index is 12.9. The highest BCUT2D eigenvalue weighted by molar-refractivity contribution is 5.28. The fourth-order valence-corrected chi connectivity index (χ4v) is 1.21. The van der Waals surface area contributed by atoms with Crippen molar-refractivity contribution in [3.63, 3.8) is 0 Å². The van der Waals surface area contributed by atoms with E-state index in [9.17, 15) is 22.0 Å². The van der Waals surface area contributed by atoms with Crippen molar-refractivity contribution in [2.75, 3.05) is 6.67 Å². The number of rotatable bonds is 3. The number of alkyl halides is 4. The highest BCUT2D eigenvalue weighted by Crippen LogP contribution is 2.30. The normalized spacial score (nSPS) is 12.3. The summed E-state index contributed by atoms with van der Waals surface area (Å²) >= 11 is 0. The van der Waals surface area contributed by atoms with Gasteiger partial charge in [0.2, 0.25) is 0 Å². The molecule has 0 aliphatic heterocycles. The largest absolute Gasteiger partial charge is 0.416 e. The van der Waals surface area contributed by atoms with Crippen LogP contribution in [0.15, 0.2) is 30.4 Å². The first-order valence-corrected chi connectivity index (χ1v) is 4.51. The van der Waals surface area contributed by atoms with Crippen LogP contribution in [0.3, 0.4) is 0 Å². The van der Waals surface area contributed by atoms with Gasteiger partial charge in [-0.05, 0) is 30.2 Å². The first-order chi connectivity index (χ1) is 7.43. The van der Waals surface area contributed by atoms with Crippen LogP contribution in [0.4, 0.5) is 22.0 Å². The molecular formula is C11H9F5. The third kappa shape index (κ3) is 3.64. The fourth-order valence-electron chi connectivity index (χ4n) is 1.21. The Bertz CT molecular complexity index is 378. The van der Waals surface area contributed by atoms with Gasteiger partial charge in [-0.2, -0.15) is 13.2 Å². The zero-order valence-corrected chi connectivity index (χ0v) is 8.19. The lowest BCUT2D eigenvalue weighted by molar-refractivity contribution is -0.137. The predicted octanol–water partition coefficient (Wildman–Crippen LogP) is 3.91. The van der Waals surface area contributed by atoms with Crippen molar-refractivity contribution in [3.8, 4) is 0 Å². The summed E-state index contributed by atoms with van der Waals surface area (Å²) in [5.41, 5.74) is -0.867. The Balaban J connectivity index is 2.95. The predicted molar refractivity (Wildman–Crippen MR) is 50.2 cm³/mol. The van der Waals surface area contributed by atoms with Gasteiger partial charge in [-0.3, -0.25) is 0 Å². The van der Waals surface area contributed by atoms with Gasteiger partial charge < -0.3 is 0 Å². The topological polar surface area (TPSA) is 0 Å². The Morgan fingerprint density at radius 1 is 1.06 bits per heavy atom. The number of hydrogen-bond acceptors (Lipinski definition) is 0. The minimum atomic E-state index is -4.57. The lowest BCUT2D eigenvalue weighted by Gasteiger charge is -2.08. The molecule has 1 aromatic carbocycles. The van der Waals surface area contributed by atoms with Gasteiger partial charge in [0.25, 0.3) is 0 Å². The first kappa shape index (κ1) is 12.7. The van der Waals surface area contributed by atoms with Crippen LogP contribution in [0.1, 0.15) is 11.1 Å². The van der Waals surface area contributed by atoms with Crippen LogP contribution in [0, 0.1) is 5.82 Å². The smallest absolute Gasteiger partial charge is 0.247 e. The average Bonchev–Trinajstić information content (AvgIpc) is 2.16. The first-order valence-electron chi connectivity index (χ1n) is 4.51. The Hall–Kier alpha value is -1.39. The highest BCUT2D eigenvalue weighted by atomic mass is 19.4. The second kappa shape index (κ2) is 5.09. The molecule has 0 fully saturated rings. The molecule has 0 saturated carbocycles. The fraction of sp³-hybridized carbons (Fsp3) is 0.273.